The van der Waals surface area contributed by atoms with Crippen LogP contribution in [0.1, 0.15) is 66.2 Å². The Labute approximate surface area is 220 Å². The lowest BCUT2D eigenvalue weighted by Gasteiger charge is -2.43. The molecular formula is C28H44N2O5S. The number of unbranched alkanes of at least 4 members (excludes halogenated alkanes) is 1. The predicted molar refractivity (Wildman–Crippen MR) is 143 cm³/mol. The molecule has 8 atom stereocenters. The molecule has 4 unspecified atom stereocenters. The number of fused-ring (bicyclic) bond motifs is 1. The minimum Gasteiger partial charge on any atom is -0.465 e. The molecule has 0 aromatic rings. The topological polar surface area (TPSA) is 87.2 Å². The van der Waals surface area contributed by atoms with Crippen molar-refractivity contribution in [1.29, 1.82) is 0 Å². The van der Waals surface area contributed by atoms with Gasteiger partial charge in [-0.05, 0) is 44.9 Å². The van der Waals surface area contributed by atoms with Gasteiger partial charge in [0.05, 0.1) is 35.8 Å². The first-order valence-corrected chi connectivity index (χ1v) is 14.4. The van der Waals surface area contributed by atoms with Crippen molar-refractivity contribution >= 4 is 29.5 Å². The van der Waals surface area contributed by atoms with Crippen LogP contribution in [0.3, 0.4) is 0 Å². The Hall–Kier alpha value is -1.80. The first-order valence-electron chi connectivity index (χ1n) is 13.5. The molecule has 8 heteroatoms. The van der Waals surface area contributed by atoms with Crippen LogP contribution in [0.2, 0.25) is 0 Å². The van der Waals surface area contributed by atoms with Crippen LogP contribution in [0.5, 0.6) is 0 Å². The second-order valence-electron chi connectivity index (χ2n) is 10.6. The number of amides is 2. The highest BCUT2D eigenvalue weighted by Crippen LogP contribution is 2.69. The van der Waals surface area contributed by atoms with Gasteiger partial charge >= 0.3 is 5.97 Å². The van der Waals surface area contributed by atoms with Gasteiger partial charge in [0.1, 0.15) is 6.04 Å². The summed E-state index contributed by atoms with van der Waals surface area (Å²) in [5.41, 5.74) is 0. The summed E-state index contributed by atoms with van der Waals surface area (Å²) in [6.45, 7) is 16.2. The van der Waals surface area contributed by atoms with Crippen molar-refractivity contribution in [3.63, 3.8) is 0 Å². The van der Waals surface area contributed by atoms with Crippen molar-refractivity contribution in [3.8, 4) is 0 Å². The monoisotopic (exact) mass is 520 g/mol. The molecule has 1 spiro atoms. The maximum absolute atomic E-state index is 14.4. The summed E-state index contributed by atoms with van der Waals surface area (Å²) in [7, 11) is 0. The van der Waals surface area contributed by atoms with E-state index in [1.54, 1.807) is 28.8 Å². The summed E-state index contributed by atoms with van der Waals surface area (Å²) in [5.74, 6) is -1.74. The van der Waals surface area contributed by atoms with Crippen LogP contribution in [0.4, 0.5) is 0 Å². The molecule has 202 valence electrons. The van der Waals surface area contributed by atoms with Gasteiger partial charge in [0.2, 0.25) is 11.8 Å². The largest absolute Gasteiger partial charge is 0.465 e. The summed E-state index contributed by atoms with van der Waals surface area (Å²) in [6.07, 6.45) is 8.05. The van der Waals surface area contributed by atoms with E-state index in [0.29, 0.717) is 26.0 Å². The van der Waals surface area contributed by atoms with Gasteiger partial charge in [-0.2, -0.15) is 0 Å². The van der Waals surface area contributed by atoms with Crippen molar-refractivity contribution in [2.75, 3.05) is 19.8 Å². The van der Waals surface area contributed by atoms with Crippen LogP contribution in [-0.2, 0) is 19.1 Å². The lowest BCUT2D eigenvalue weighted by molar-refractivity contribution is -0.155. The van der Waals surface area contributed by atoms with E-state index in [0.717, 1.165) is 25.7 Å². The summed E-state index contributed by atoms with van der Waals surface area (Å²) < 4.78 is 4.93. The van der Waals surface area contributed by atoms with Crippen LogP contribution < -0.4 is 0 Å². The minimum atomic E-state index is -0.727. The first kappa shape index (κ1) is 28.8. The molecule has 0 saturated carbocycles. The normalized spacial score (nSPS) is 32.2. The van der Waals surface area contributed by atoms with Crippen molar-refractivity contribution in [1.82, 2.24) is 9.80 Å². The Morgan fingerprint density at radius 2 is 2.06 bits per heavy atom. The standard InChI is InChI=1S/C28H44N2O5S/c1-7-11-12-15-35-27(34)22-21-16-18(5)28(36-21)23(22)25(32)30(20(10-4)17-31)24(28)26(33)29(14-9-3)19(6)13-8-2/h7,9,18-24,31H,1,3,8,10-17H2,2,4-6H3/t18?,19?,20-,21-,22+,23-,24?,28?/m0/s1. The maximum Gasteiger partial charge on any atom is 0.310 e. The van der Waals surface area contributed by atoms with Gasteiger partial charge in [-0.25, -0.2) is 0 Å². The summed E-state index contributed by atoms with van der Waals surface area (Å²) in [6, 6.07) is -1.21. The fraction of sp³-hybridized carbons (Fsp3) is 0.750. The number of aliphatic hydroxyl groups excluding tert-OH is 1. The predicted octanol–water partition coefficient (Wildman–Crippen LogP) is 3.81. The van der Waals surface area contributed by atoms with Crippen LogP contribution in [0.25, 0.3) is 0 Å². The molecule has 3 aliphatic rings. The average Bonchev–Trinajstić information content (AvgIpc) is 3.45. The third-order valence-corrected chi connectivity index (χ3v) is 10.5. The molecule has 0 aliphatic carbocycles. The zero-order valence-corrected chi connectivity index (χ0v) is 23.2. The molecule has 2 amide bonds. The quantitative estimate of drug-likeness (QED) is 0.213. The molecule has 1 N–H and O–H groups in total. The number of carbonyl (C=O) groups excluding carboxylic acids is 3. The van der Waals surface area contributed by atoms with Gasteiger partial charge < -0.3 is 19.6 Å². The number of likely N-dealkylation sites (tertiary alicyclic amines) is 1. The lowest BCUT2D eigenvalue weighted by atomic mass is 9.66. The molecule has 3 rings (SSSR count). The number of aliphatic hydroxyl groups is 1. The van der Waals surface area contributed by atoms with Crippen molar-refractivity contribution in [2.24, 2.45) is 17.8 Å². The van der Waals surface area contributed by atoms with Gasteiger partial charge in [-0.1, -0.05) is 39.3 Å². The number of esters is 1. The second kappa shape index (κ2) is 12.2. The number of ether oxygens (including phenoxy) is 1. The average molecular weight is 521 g/mol. The van der Waals surface area contributed by atoms with Crippen LogP contribution in [-0.4, -0.2) is 80.6 Å². The molecule has 3 aliphatic heterocycles. The molecular weight excluding hydrogens is 476 g/mol. The lowest BCUT2D eigenvalue weighted by Crippen LogP contribution is -2.60. The van der Waals surface area contributed by atoms with Crippen molar-refractivity contribution in [3.05, 3.63) is 25.3 Å². The highest BCUT2D eigenvalue weighted by Gasteiger charge is 2.77. The van der Waals surface area contributed by atoms with Crippen LogP contribution in [0, 0.1) is 17.8 Å². The smallest absolute Gasteiger partial charge is 0.310 e. The molecule has 3 heterocycles. The molecule has 7 nitrogen and oxygen atoms in total. The number of thioether (sulfide) groups is 1. The van der Waals surface area contributed by atoms with E-state index in [1.165, 1.54) is 0 Å². The molecule has 2 bridgehead atoms. The van der Waals surface area contributed by atoms with Crippen molar-refractivity contribution in [2.45, 2.75) is 94.3 Å². The molecule has 0 radical (unpaired) electrons. The number of hydrogen-bond acceptors (Lipinski definition) is 6. The molecule has 36 heavy (non-hydrogen) atoms. The van der Waals surface area contributed by atoms with E-state index in [2.05, 4.69) is 27.0 Å². The van der Waals surface area contributed by atoms with E-state index in [4.69, 9.17) is 4.74 Å². The Morgan fingerprint density at radius 1 is 1.33 bits per heavy atom. The summed E-state index contributed by atoms with van der Waals surface area (Å²) in [5, 5.41) is 10.2. The zero-order chi connectivity index (χ0) is 26.6. The van der Waals surface area contributed by atoms with Gasteiger partial charge in [0.15, 0.2) is 0 Å². The maximum atomic E-state index is 14.4. The zero-order valence-electron chi connectivity index (χ0n) is 22.4. The van der Waals surface area contributed by atoms with Gasteiger partial charge in [-0.15, -0.1) is 24.9 Å². The minimum absolute atomic E-state index is 0.00774. The second-order valence-corrected chi connectivity index (χ2v) is 12.1. The van der Waals surface area contributed by atoms with Crippen LogP contribution in [0.15, 0.2) is 25.3 Å². The van der Waals surface area contributed by atoms with E-state index < -0.39 is 28.7 Å². The van der Waals surface area contributed by atoms with Gasteiger partial charge in [0.25, 0.3) is 0 Å². The van der Waals surface area contributed by atoms with E-state index in [-0.39, 0.29) is 41.6 Å². The van der Waals surface area contributed by atoms with Crippen molar-refractivity contribution < 1.29 is 24.2 Å². The first-order chi connectivity index (χ1) is 17.2. The third kappa shape index (κ3) is 4.75. The fourth-order valence-electron chi connectivity index (χ4n) is 6.67. The number of nitrogens with zero attached hydrogens (tertiary/aromatic N) is 2. The summed E-state index contributed by atoms with van der Waals surface area (Å²) >= 11 is 1.65. The Bertz CT molecular complexity index is 846. The summed E-state index contributed by atoms with van der Waals surface area (Å²) in [4.78, 5) is 45.3. The van der Waals surface area contributed by atoms with E-state index >= 15 is 0 Å². The SMILES string of the molecule is C=CCCCOC(=O)[C@@H]1[C@@H]2CC(C)C3(S2)C(C(=O)N(CC=C)C(C)CCC)N([C@@H](CC)CO)C(=O)[C@H]13. The molecule has 0 aromatic carbocycles. The van der Waals surface area contributed by atoms with Crippen LogP contribution >= 0.6 is 11.8 Å². The van der Waals surface area contributed by atoms with Gasteiger partial charge in [-0.3, -0.25) is 14.4 Å². The highest BCUT2D eigenvalue weighted by atomic mass is 32.2. The van der Waals surface area contributed by atoms with E-state index in [1.807, 2.05) is 18.7 Å². The number of rotatable bonds is 14. The Balaban J connectivity index is 2.04. The fourth-order valence-corrected chi connectivity index (χ4v) is 9.06. The molecule has 0 aromatic heterocycles. The van der Waals surface area contributed by atoms with Gasteiger partial charge in [0, 0.05) is 17.8 Å². The highest BCUT2D eigenvalue weighted by molar-refractivity contribution is 8.02. The molecule has 3 saturated heterocycles. The molecule has 3 fully saturated rings. The Kier molecular flexibility index (Phi) is 9.72. The Morgan fingerprint density at radius 3 is 2.64 bits per heavy atom. The number of allylic oxidation sites excluding steroid dienone is 1. The number of carbonyl (C=O) groups is 3. The third-order valence-electron chi connectivity index (χ3n) is 8.41. The van der Waals surface area contributed by atoms with E-state index in [9.17, 15) is 19.5 Å². The number of hydrogen-bond donors (Lipinski definition) is 1.